The van der Waals surface area contributed by atoms with Gasteiger partial charge in [-0.15, -0.1) is 0 Å². The van der Waals surface area contributed by atoms with Gasteiger partial charge in [0.2, 0.25) is 0 Å². The highest BCUT2D eigenvalue weighted by molar-refractivity contribution is 7.89. The lowest BCUT2D eigenvalue weighted by molar-refractivity contribution is 0.0623. The molecule has 5 nitrogen and oxygen atoms in total. The lowest BCUT2D eigenvalue weighted by Crippen LogP contribution is -2.49. The second kappa shape index (κ2) is 7.87. The van der Waals surface area contributed by atoms with Crippen molar-refractivity contribution >= 4 is 15.7 Å². The van der Waals surface area contributed by atoms with Crippen molar-refractivity contribution in [2.24, 2.45) is 5.41 Å². The van der Waals surface area contributed by atoms with E-state index in [2.05, 4.69) is 25.7 Å². The summed E-state index contributed by atoms with van der Waals surface area (Å²) >= 11 is 0. The van der Waals surface area contributed by atoms with Crippen molar-refractivity contribution in [1.82, 2.24) is 9.80 Å². The molecule has 0 N–H and O–H groups in total. The molecule has 0 unspecified atom stereocenters. The summed E-state index contributed by atoms with van der Waals surface area (Å²) in [6, 6.07) is 6.98. The maximum absolute atomic E-state index is 12.7. The van der Waals surface area contributed by atoms with E-state index in [-0.39, 0.29) is 11.7 Å². The number of rotatable bonds is 5. The SMILES string of the molecule is CC(C)(C)CCN1CCN(C(=O)c2cccc(CS(C)(=O)=O)c2)CC1. The molecule has 0 spiro atoms. The highest BCUT2D eigenvalue weighted by Crippen LogP contribution is 2.19. The Labute approximate surface area is 151 Å². The Morgan fingerprint density at radius 1 is 1.12 bits per heavy atom. The molecule has 1 aromatic rings. The fraction of sp³-hybridized carbons (Fsp3) is 0.632. The molecule has 25 heavy (non-hydrogen) atoms. The molecular weight excluding hydrogens is 336 g/mol. The first-order valence-electron chi connectivity index (χ1n) is 8.82. The zero-order valence-electron chi connectivity index (χ0n) is 15.8. The summed E-state index contributed by atoms with van der Waals surface area (Å²) in [5.41, 5.74) is 1.56. The first-order chi connectivity index (χ1) is 11.5. The number of carbonyl (C=O) groups excluding carboxylic acids is 1. The molecular formula is C19H30N2O3S. The Bertz CT molecular complexity index is 700. The Hall–Kier alpha value is -1.40. The number of carbonyl (C=O) groups is 1. The van der Waals surface area contributed by atoms with E-state index in [1.165, 1.54) is 6.26 Å². The minimum atomic E-state index is -3.10. The van der Waals surface area contributed by atoms with Crippen LogP contribution < -0.4 is 0 Å². The highest BCUT2D eigenvalue weighted by Gasteiger charge is 2.23. The van der Waals surface area contributed by atoms with Crippen LogP contribution in [0.5, 0.6) is 0 Å². The molecule has 1 heterocycles. The molecule has 6 heteroatoms. The summed E-state index contributed by atoms with van der Waals surface area (Å²) in [7, 11) is -3.10. The van der Waals surface area contributed by atoms with Gasteiger partial charge in [-0.3, -0.25) is 9.69 Å². The predicted octanol–water partition coefficient (Wildman–Crippen LogP) is 2.43. The fourth-order valence-corrected chi connectivity index (χ4v) is 3.73. The molecule has 1 aliphatic heterocycles. The first kappa shape index (κ1) is 19.9. The van der Waals surface area contributed by atoms with Gasteiger partial charge < -0.3 is 4.90 Å². The van der Waals surface area contributed by atoms with Gasteiger partial charge in [-0.2, -0.15) is 0 Å². The number of hydrogen-bond donors (Lipinski definition) is 0. The molecule has 0 radical (unpaired) electrons. The lowest BCUT2D eigenvalue weighted by Gasteiger charge is -2.36. The van der Waals surface area contributed by atoms with Crippen molar-refractivity contribution in [3.05, 3.63) is 35.4 Å². The van der Waals surface area contributed by atoms with Gasteiger partial charge in [0.05, 0.1) is 5.75 Å². The summed E-state index contributed by atoms with van der Waals surface area (Å²) in [4.78, 5) is 17.0. The second-order valence-corrected chi connectivity index (χ2v) is 10.4. The number of benzene rings is 1. The van der Waals surface area contributed by atoms with Gasteiger partial charge in [-0.1, -0.05) is 32.9 Å². The van der Waals surface area contributed by atoms with E-state index in [1.807, 2.05) is 4.90 Å². The van der Waals surface area contributed by atoms with Gasteiger partial charge in [0.25, 0.3) is 5.91 Å². The van der Waals surface area contributed by atoms with Crippen LogP contribution in [0.3, 0.4) is 0 Å². The lowest BCUT2D eigenvalue weighted by atomic mass is 9.92. The van der Waals surface area contributed by atoms with E-state index in [4.69, 9.17) is 0 Å². The van der Waals surface area contributed by atoms with Crippen molar-refractivity contribution < 1.29 is 13.2 Å². The average molecular weight is 367 g/mol. The minimum Gasteiger partial charge on any atom is -0.336 e. The molecule has 1 aromatic carbocycles. The maximum Gasteiger partial charge on any atom is 0.253 e. The van der Waals surface area contributed by atoms with Crippen LogP contribution in [-0.4, -0.2) is 63.1 Å². The average Bonchev–Trinajstić information content (AvgIpc) is 2.51. The van der Waals surface area contributed by atoms with Gasteiger partial charge >= 0.3 is 0 Å². The molecule has 1 fully saturated rings. The quantitative estimate of drug-likeness (QED) is 0.803. The molecule has 0 atom stereocenters. The molecule has 0 saturated carbocycles. The molecule has 0 aliphatic carbocycles. The molecule has 0 bridgehead atoms. The molecule has 140 valence electrons. The van der Waals surface area contributed by atoms with E-state index >= 15 is 0 Å². The third kappa shape index (κ3) is 6.78. The van der Waals surface area contributed by atoms with Crippen LogP contribution in [0, 0.1) is 5.41 Å². The van der Waals surface area contributed by atoms with E-state index in [9.17, 15) is 13.2 Å². The topological polar surface area (TPSA) is 57.7 Å². The van der Waals surface area contributed by atoms with Crippen molar-refractivity contribution in [2.45, 2.75) is 32.9 Å². The third-order valence-electron chi connectivity index (χ3n) is 4.44. The van der Waals surface area contributed by atoms with Crippen LogP contribution in [-0.2, 0) is 15.6 Å². The summed E-state index contributed by atoms with van der Waals surface area (Å²) < 4.78 is 22.9. The van der Waals surface area contributed by atoms with E-state index in [0.29, 0.717) is 16.5 Å². The predicted molar refractivity (Wildman–Crippen MR) is 101 cm³/mol. The van der Waals surface area contributed by atoms with Crippen molar-refractivity contribution in [3.8, 4) is 0 Å². The molecule has 1 amide bonds. The zero-order chi connectivity index (χ0) is 18.7. The smallest absolute Gasteiger partial charge is 0.253 e. The summed E-state index contributed by atoms with van der Waals surface area (Å²) in [6.45, 7) is 11.0. The Morgan fingerprint density at radius 3 is 2.32 bits per heavy atom. The summed E-state index contributed by atoms with van der Waals surface area (Å²) in [5.74, 6) is -0.0415. The van der Waals surface area contributed by atoms with E-state index in [0.717, 1.165) is 39.1 Å². The van der Waals surface area contributed by atoms with Gasteiger partial charge in [0, 0.05) is 38.0 Å². The number of sulfone groups is 1. The largest absolute Gasteiger partial charge is 0.336 e. The molecule has 0 aromatic heterocycles. The Balaban J connectivity index is 1.93. The van der Waals surface area contributed by atoms with Crippen LogP contribution in [0.1, 0.15) is 43.1 Å². The Morgan fingerprint density at radius 2 is 1.76 bits per heavy atom. The highest BCUT2D eigenvalue weighted by atomic mass is 32.2. The third-order valence-corrected chi connectivity index (χ3v) is 5.30. The summed E-state index contributed by atoms with van der Waals surface area (Å²) in [5, 5.41) is 0. The molecule has 1 aliphatic rings. The van der Waals surface area contributed by atoms with Gasteiger partial charge in [-0.25, -0.2) is 8.42 Å². The van der Waals surface area contributed by atoms with Gasteiger partial charge in [0.1, 0.15) is 0 Å². The molecule has 2 rings (SSSR count). The van der Waals surface area contributed by atoms with Crippen LogP contribution in [0.25, 0.3) is 0 Å². The van der Waals surface area contributed by atoms with Gasteiger partial charge in [-0.05, 0) is 36.1 Å². The second-order valence-electron chi connectivity index (χ2n) is 8.21. The van der Waals surface area contributed by atoms with Gasteiger partial charge in [0.15, 0.2) is 9.84 Å². The first-order valence-corrected chi connectivity index (χ1v) is 10.9. The number of piperazine rings is 1. The number of nitrogens with zero attached hydrogens (tertiary/aromatic N) is 2. The zero-order valence-corrected chi connectivity index (χ0v) is 16.6. The summed E-state index contributed by atoms with van der Waals surface area (Å²) in [6.07, 6.45) is 2.35. The number of amides is 1. The minimum absolute atomic E-state index is 0.00850. The fourth-order valence-electron chi connectivity index (χ4n) is 2.95. The van der Waals surface area contributed by atoms with Crippen molar-refractivity contribution in [3.63, 3.8) is 0 Å². The van der Waals surface area contributed by atoms with Crippen molar-refractivity contribution in [1.29, 1.82) is 0 Å². The number of hydrogen-bond acceptors (Lipinski definition) is 4. The molecule has 1 saturated heterocycles. The van der Waals surface area contributed by atoms with Crippen LogP contribution >= 0.6 is 0 Å². The normalized spacial score (nSPS) is 16.9. The van der Waals surface area contributed by atoms with Crippen LogP contribution in [0.15, 0.2) is 24.3 Å². The van der Waals surface area contributed by atoms with Crippen LogP contribution in [0.2, 0.25) is 0 Å². The van der Waals surface area contributed by atoms with Crippen LogP contribution in [0.4, 0.5) is 0 Å². The Kier molecular flexibility index (Phi) is 6.27. The van der Waals surface area contributed by atoms with E-state index < -0.39 is 9.84 Å². The van der Waals surface area contributed by atoms with E-state index in [1.54, 1.807) is 24.3 Å². The monoisotopic (exact) mass is 366 g/mol. The standard InChI is InChI=1S/C19H30N2O3S/c1-19(2,3)8-9-20-10-12-21(13-11-20)18(22)17-7-5-6-16(14-17)15-25(4,23)24/h5-7,14H,8-13,15H2,1-4H3. The van der Waals surface area contributed by atoms with Crippen molar-refractivity contribution in [2.75, 3.05) is 39.0 Å². The maximum atomic E-state index is 12.7.